The van der Waals surface area contributed by atoms with Gasteiger partial charge in [-0.3, -0.25) is 9.80 Å². The van der Waals surface area contributed by atoms with Crippen molar-refractivity contribution >= 4 is 0 Å². The molecule has 2 heterocycles. The zero-order chi connectivity index (χ0) is 10.4. The van der Waals surface area contributed by atoms with Gasteiger partial charge in [0, 0.05) is 13.1 Å². The van der Waals surface area contributed by atoms with Crippen molar-refractivity contribution in [2.45, 2.75) is 25.3 Å². The summed E-state index contributed by atoms with van der Waals surface area (Å²) in [5, 5.41) is 0. The minimum Gasteiger partial charge on any atom is -0.355 e. The molecule has 0 amide bonds. The monoisotopic (exact) mass is 200 g/mol. The van der Waals surface area contributed by atoms with Crippen molar-refractivity contribution in [3.05, 3.63) is 0 Å². The van der Waals surface area contributed by atoms with Gasteiger partial charge >= 0.3 is 0 Å². The van der Waals surface area contributed by atoms with Gasteiger partial charge in [0.2, 0.25) is 0 Å². The van der Waals surface area contributed by atoms with Gasteiger partial charge in [0.15, 0.2) is 11.4 Å². The molecule has 2 atom stereocenters. The third-order valence-electron chi connectivity index (χ3n) is 3.94. The largest absolute Gasteiger partial charge is 0.355 e. The van der Waals surface area contributed by atoms with Crippen LogP contribution in [0.4, 0.5) is 0 Å². The third kappa shape index (κ3) is 1.15. The summed E-state index contributed by atoms with van der Waals surface area (Å²) >= 11 is 0. The Morgan fingerprint density at radius 2 is 1.21 bits per heavy atom. The lowest BCUT2D eigenvalue weighted by molar-refractivity contribution is -0.355. The molecular weight excluding hydrogens is 180 g/mol. The topological polar surface area (TPSA) is 24.9 Å². The molecule has 0 bridgehead atoms. The molecule has 0 spiro atoms. The van der Waals surface area contributed by atoms with Crippen LogP contribution in [-0.2, 0) is 9.47 Å². The smallest absolute Gasteiger partial charge is 0.161 e. The molecule has 2 saturated heterocycles. The standard InChI is InChI=1S/C10H20N2O2/c1-9-10(2,12(4)6-7-13-9)14-8-5-11(9)3/h5-8H2,1-4H3/t9-,10-/m1/s1. The molecule has 0 aliphatic carbocycles. The number of nitrogens with zero attached hydrogens (tertiary/aromatic N) is 2. The van der Waals surface area contributed by atoms with Crippen LogP contribution in [0.25, 0.3) is 0 Å². The summed E-state index contributed by atoms with van der Waals surface area (Å²) in [6.45, 7) is 7.64. The highest BCUT2D eigenvalue weighted by Gasteiger charge is 2.56. The van der Waals surface area contributed by atoms with Crippen LogP contribution in [0.5, 0.6) is 0 Å². The van der Waals surface area contributed by atoms with E-state index in [4.69, 9.17) is 9.47 Å². The summed E-state index contributed by atoms with van der Waals surface area (Å²) in [4.78, 5) is 4.48. The van der Waals surface area contributed by atoms with E-state index < -0.39 is 0 Å². The Balaban J connectivity index is 2.33. The van der Waals surface area contributed by atoms with E-state index in [0.29, 0.717) is 0 Å². The van der Waals surface area contributed by atoms with Crippen LogP contribution >= 0.6 is 0 Å². The molecule has 4 nitrogen and oxygen atoms in total. The van der Waals surface area contributed by atoms with E-state index in [1.165, 1.54) is 0 Å². The lowest BCUT2D eigenvalue weighted by Gasteiger charge is -2.59. The van der Waals surface area contributed by atoms with Gasteiger partial charge in [-0.15, -0.1) is 0 Å². The molecule has 0 unspecified atom stereocenters. The maximum atomic E-state index is 5.91. The number of hydrogen-bond donors (Lipinski definition) is 0. The molecular formula is C10H20N2O2. The van der Waals surface area contributed by atoms with E-state index in [1.807, 2.05) is 0 Å². The lowest BCUT2D eigenvalue weighted by Crippen LogP contribution is -2.75. The van der Waals surface area contributed by atoms with Crippen LogP contribution in [0, 0.1) is 0 Å². The van der Waals surface area contributed by atoms with Gasteiger partial charge in [0.25, 0.3) is 0 Å². The molecule has 0 aromatic rings. The molecule has 0 radical (unpaired) electrons. The average molecular weight is 200 g/mol. The second-order valence-electron chi connectivity index (χ2n) is 4.51. The van der Waals surface area contributed by atoms with Crippen molar-refractivity contribution in [3.8, 4) is 0 Å². The number of hydrogen-bond acceptors (Lipinski definition) is 4. The molecule has 0 N–H and O–H groups in total. The summed E-state index contributed by atoms with van der Waals surface area (Å²) in [6.07, 6.45) is 0. The predicted octanol–water partition coefficient (Wildman–Crippen LogP) is 0.343. The van der Waals surface area contributed by atoms with Gasteiger partial charge < -0.3 is 9.47 Å². The normalized spacial score (nSPS) is 46.3. The van der Waals surface area contributed by atoms with E-state index in [9.17, 15) is 0 Å². The lowest BCUT2D eigenvalue weighted by atomic mass is 9.96. The second-order valence-corrected chi connectivity index (χ2v) is 4.51. The Bertz CT molecular complexity index is 212. The minimum atomic E-state index is -0.321. The fourth-order valence-electron chi connectivity index (χ4n) is 2.39. The molecule has 2 aliphatic rings. The quantitative estimate of drug-likeness (QED) is 0.563. The number of likely N-dealkylation sites (N-methyl/N-ethyl adjacent to an activating group) is 2. The Morgan fingerprint density at radius 1 is 0.857 bits per heavy atom. The maximum Gasteiger partial charge on any atom is 0.161 e. The van der Waals surface area contributed by atoms with Crippen molar-refractivity contribution in [2.75, 3.05) is 40.4 Å². The number of rotatable bonds is 0. The first-order chi connectivity index (χ1) is 6.51. The molecule has 0 aromatic carbocycles. The number of fused-ring (bicyclic) bond motifs is 1. The van der Waals surface area contributed by atoms with Gasteiger partial charge in [0.1, 0.15) is 0 Å². The number of morpholine rings is 2. The summed E-state index contributed by atoms with van der Waals surface area (Å²) in [5.41, 5.74) is -0.642. The van der Waals surface area contributed by atoms with E-state index in [0.717, 1.165) is 26.3 Å². The minimum absolute atomic E-state index is 0.321. The Morgan fingerprint density at radius 3 is 1.57 bits per heavy atom. The van der Waals surface area contributed by atoms with Gasteiger partial charge in [-0.2, -0.15) is 0 Å². The van der Waals surface area contributed by atoms with Crippen LogP contribution in [0.15, 0.2) is 0 Å². The zero-order valence-electron chi connectivity index (χ0n) is 9.54. The molecule has 0 aromatic heterocycles. The Kier molecular flexibility index (Phi) is 2.34. The SMILES string of the molecule is CN1CCO[C@@]2(C)N(C)CCO[C@@]12C. The molecule has 2 fully saturated rings. The van der Waals surface area contributed by atoms with Gasteiger partial charge in [-0.25, -0.2) is 0 Å². The summed E-state index contributed by atoms with van der Waals surface area (Å²) in [7, 11) is 4.19. The second kappa shape index (κ2) is 3.17. The molecule has 4 heteroatoms. The Hall–Kier alpha value is -0.160. The van der Waals surface area contributed by atoms with Crippen molar-refractivity contribution in [3.63, 3.8) is 0 Å². The van der Waals surface area contributed by atoms with Crippen LogP contribution in [0.2, 0.25) is 0 Å². The van der Waals surface area contributed by atoms with Crippen molar-refractivity contribution in [1.29, 1.82) is 0 Å². The van der Waals surface area contributed by atoms with Crippen LogP contribution in [0.3, 0.4) is 0 Å². The van der Waals surface area contributed by atoms with Crippen molar-refractivity contribution in [2.24, 2.45) is 0 Å². The molecule has 82 valence electrons. The highest BCUT2D eigenvalue weighted by molar-refractivity contribution is 4.99. The van der Waals surface area contributed by atoms with Crippen molar-refractivity contribution in [1.82, 2.24) is 9.80 Å². The fraction of sp³-hybridized carbons (Fsp3) is 1.00. The van der Waals surface area contributed by atoms with Crippen LogP contribution in [0.1, 0.15) is 13.8 Å². The van der Waals surface area contributed by atoms with Gasteiger partial charge in [0.05, 0.1) is 13.2 Å². The zero-order valence-corrected chi connectivity index (χ0v) is 9.54. The van der Waals surface area contributed by atoms with Crippen molar-refractivity contribution < 1.29 is 9.47 Å². The first kappa shape index (κ1) is 10.4. The highest BCUT2D eigenvalue weighted by Crippen LogP contribution is 2.39. The van der Waals surface area contributed by atoms with E-state index >= 15 is 0 Å². The van der Waals surface area contributed by atoms with Crippen LogP contribution < -0.4 is 0 Å². The average Bonchev–Trinajstić information content (AvgIpc) is 2.13. The third-order valence-corrected chi connectivity index (χ3v) is 3.94. The number of ether oxygens (including phenoxy) is 2. The maximum absolute atomic E-state index is 5.91. The van der Waals surface area contributed by atoms with E-state index in [2.05, 4.69) is 37.7 Å². The van der Waals surface area contributed by atoms with E-state index in [1.54, 1.807) is 0 Å². The highest BCUT2D eigenvalue weighted by atomic mass is 16.6. The summed E-state index contributed by atoms with van der Waals surface area (Å²) < 4.78 is 11.8. The molecule has 2 aliphatic heterocycles. The summed E-state index contributed by atoms with van der Waals surface area (Å²) in [6, 6.07) is 0. The van der Waals surface area contributed by atoms with Crippen LogP contribution in [-0.4, -0.2) is 61.6 Å². The first-order valence-corrected chi connectivity index (χ1v) is 5.21. The van der Waals surface area contributed by atoms with E-state index in [-0.39, 0.29) is 11.4 Å². The summed E-state index contributed by atoms with van der Waals surface area (Å²) in [5.74, 6) is 0. The fourth-order valence-corrected chi connectivity index (χ4v) is 2.39. The van der Waals surface area contributed by atoms with Gasteiger partial charge in [-0.05, 0) is 27.9 Å². The van der Waals surface area contributed by atoms with Gasteiger partial charge in [-0.1, -0.05) is 0 Å². The Labute approximate surface area is 85.8 Å². The predicted molar refractivity (Wildman–Crippen MR) is 54.0 cm³/mol. The molecule has 0 saturated carbocycles. The molecule has 2 rings (SSSR count). The first-order valence-electron chi connectivity index (χ1n) is 5.21. The molecule has 14 heavy (non-hydrogen) atoms.